The third kappa shape index (κ3) is 4.89. The standard InChI is InChI=1S/C19H22F3N7O2/c1-10(2)17-27-28(18(31)13-7-12(11-5-6-11)26-29(13)17)9-16(30)25-15(24-4)8-14(23-3)19(20,21)22/h7-8,10-11H,4-6,9H2,1-3H3,(H,25,30)/b15-8+,23-14?. The van der Waals surface area contributed by atoms with Crippen molar-refractivity contribution in [1.29, 1.82) is 0 Å². The van der Waals surface area contributed by atoms with Crippen LogP contribution in [0.4, 0.5) is 13.2 Å². The normalized spacial score (nSPS) is 15.6. The second kappa shape index (κ2) is 8.44. The Kier molecular flexibility index (Phi) is 6.09. The Morgan fingerprint density at radius 2 is 2.06 bits per heavy atom. The van der Waals surface area contributed by atoms with Gasteiger partial charge in [-0.2, -0.15) is 23.4 Å². The number of allylic oxidation sites excluding steroid dienone is 1. The number of nitrogens with zero attached hydrogens (tertiary/aromatic N) is 6. The van der Waals surface area contributed by atoms with Crippen LogP contribution in [0.1, 0.15) is 50.0 Å². The third-order valence-electron chi connectivity index (χ3n) is 4.67. The van der Waals surface area contributed by atoms with Crippen molar-refractivity contribution < 1.29 is 18.0 Å². The lowest BCUT2D eigenvalue weighted by atomic mass is 10.2. The highest BCUT2D eigenvalue weighted by Crippen LogP contribution is 2.39. The first-order valence-corrected chi connectivity index (χ1v) is 9.58. The maximum absolute atomic E-state index is 12.9. The third-order valence-corrected chi connectivity index (χ3v) is 4.67. The Labute approximate surface area is 175 Å². The summed E-state index contributed by atoms with van der Waals surface area (Å²) in [5.74, 6) is -0.506. The van der Waals surface area contributed by atoms with E-state index < -0.39 is 35.7 Å². The minimum atomic E-state index is -4.72. The highest BCUT2D eigenvalue weighted by molar-refractivity contribution is 6.00. The quantitative estimate of drug-likeness (QED) is 0.670. The molecule has 0 unspecified atom stereocenters. The molecule has 1 amide bonds. The van der Waals surface area contributed by atoms with Crippen LogP contribution in [0, 0.1) is 0 Å². The topological polar surface area (TPSA) is 106 Å². The van der Waals surface area contributed by atoms with Gasteiger partial charge in [0.1, 0.15) is 23.6 Å². The molecule has 31 heavy (non-hydrogen) atoms. The van der Waals surface area contributed by atoms with Crippen molar-refractivity contribution in [2.75, 3.05) is 7.05 Å². The Morgan fingerprint density at radius 3 is 2.58 bits per heavy atom. The summed E-state index contributed by atoms with van der Waals surface area (Å²) in [6.45, 7) is 6.39. The molecule has 166 valence electrons. The molecule has 9 nitrogen and oxygen atoms in total. The molecule has 2 aromatic rings. The lowest BCUT2D eigenvalue weighted by Crippen LogP contribution is -2.35. The van der Waals surface area contributed by atoms with E-state index in [-0.39, 0.29) is 5.92 Å². The van der Waals surface area contributed by atoms with Gasteiger partial charge in [-0.1, -0.05) is 13.8 Å². The average Bonchev–Trinajstić information content (AvgIpc) is 3.44. The Hall–Kier alpha value is -3.31. The number of aliphatic imine (C=N–C) groups is 2. The molecular weight excluding hydrogens is 415 g/mol. The first-order valence-electron chi connectivity index (χ1n) is 9.58. The zero-order chi connectivity index (χ0) is 22.9. The molecule has 0 radical (unpaired) electrons. The van der Waals surface area contributed by atoms with Crippen molar-refractivity contribution in [2.24, 2.45) is 9.98 Å². The molecule has 0 aromatic carbocycles. The minimum absolute atomic E-state index is 0.0928. The van der Waals surface area contributed by atoms with Gasteiger partial charge >= 0.3 is 6.18 Å². The molecule has 1 aliphatic carbocycles. The van der Waals surface area contributed by atoms with Crippen LogP contribution >= 0.6 is 0 Å². The maximum Gasteiger partial charge on any atom is 0.433 e. The predicted octanol–water partition coefficient (Wildman–Crippen LogP) is 2.18. The molecule has 0 atom stereocenters. The van der Waals surface area contributed by atoms with E-state index >= 15 is 0 Å². The van der Waals surface area contributed by atoms with E-state index in [1.54, 1.807) is 6.07 Å². The van der Waals surface area contributed by atoms with Gasteiger partial charge in [-0.15, -0.1) is 0 Å². The molecule has 0 saturated heterocycles. The van der Waals surface area contributed by atoms with Crippen LogP contribution in [0.2, 0.25) is 0 Å². The van der Waals surface area contributed by atoms with Gasteiger partial charge in [-0.3, -0.25) is 14.6 Å². The molecule has 0 spiro atoms. The van der Waals surface area contributed by atoms with Gasteiger partial charge in [0.15, 0.2) is 5.82 Å². The summed E-state index contributed by atoms with van der Waals surface area (Å²) in [7, 11) is 0.968. The second-order valence-electron chi connectivity index (χ2n) is 7.46. The number of amides is 1. The van der Waals surface area contributed by atoms with Gasteiger partial charge in [0.05, 0.1) is 5.69 Å². The monoisotopic (exact) mass is 437 g/mol. The number of hydrogen-bond acceptors (Lipinski definition) is 6. The Morgan fingerprint density at radius 1 is 1.39 bits per heavy atom. The SMILES string of the molecule is C=N/C(=C\C(=NC)C(F)(F)F)NC(=O)Cn1nc(C(C)C)n2nc(C3CC3)cc2c1=O. The van der Waals surface area contributed by atoms with Crippen molar-refractivity contribution in [3.05, 3.63) is 39.8 Å². The summed E-state index contributed by atoms with van der Waals surface area (Å²) in [5.41, 5.74) is -0.658. The number of carbonyl (C=O) groups excluding carboxylic acids is 1. The highest BCUT2D eigenvalue weighted by atomic mass is 19.4. The van der Waals surface area contributed by atoms with Gasteiger partial charge in [-0.25, -0.2) is 14.2 Å². The van der Waals surface area contributed by atoms with Crippen LogP contribution in [-0.4, -0.2) is 51.0 Å². The van der Waals surface area contributed by atoms with E-state index in [4.69, 9.17) is 0 Å². The minimum Gasteiger partial charge on any atom is -0.309 e. The van der Waals surface area contributed by atoms with Crippen LogP contribution < -0.4 is 10.9 Å². The fourth-order valence-electron chi connectivity index (χ4n) is 2.96. The van der Waals surface area contributed by atoms with Gasteiger partial charge in [0.2, 0.25) is 5.91 Å². The van der Waals surface area contributed by atoms with Crippen LogP contribution in [0.5, 0.6) is 0 Å². The fraction of sp³-hybridized carbons (Fsp3) is 0.474. The second-order valence-corrected chi connectivity index (χ2v) is 7.46. The Bertz CT molecular complexity index is 1140. The number of hydrogen-bond donors (Lipinski definition) is 1. The van der Waals surface area contributed by atoms with Crippen molar-refractivity contribution in [3.63, 3.8) is 0 Å². The maximum atomic E-state index is 12.9. The van der Waals surface area contributed by atoms with Crippen molar-refractivity contribution in [2.45, 2.75) is 51.2 Å². The molecule has 1 aliphatic rings. The molecule has 1 saturated carbocycles. The zero-order valence-electron chi connectivity index (χ0n) is 17.3. The largest absolute Gasteiger partial charge is 0.433 e. The zero-order valence-corrected chi connectivity index (χ0v) is 17.3. The number of fused-ring (bicyclic) bond motifs is 1. The molecule has 0 aliphatic heterocycles. The van der Waals surface area contributed by atoms with E-state index in [1.807, 2.05) is 13.8 Å². The number of halogens is 3. The van der Waals surface area contributed by atoms with Crippen molar-refractivity contribution >= 4 is 23.9 Å². The molecule has 3 rings (SSSR count). The average molecular weight is 437 g/mol. The van der Waals surface area contributed by atoms with E-state index in [1.165, 1.54) is 4.52 Å². The van der Waals surface area contributed by atoms with Crippen LogP contribution in [0.25, 0.3) is 5.52 Å². The van der Waals surface area contributed by atoms with Crippen molar-refractivity contribution in [3.8, 4) is 0 Å². The first kappa shape index (κ1) is 22.4. The van der Waals surface area contributed by atoms with Crippen LogP contribution in [0.15, 0.2) is 32.7 Å². The number of nitrogens with one attached hydrogen (secondary N) is 1. The summed E-state index contributed by atoms with van der Waals surface area (Å²) in [5, 5.41) is 10.9. The molecule has 2 heterocycles. The molecule has 1 N–H and O–H groups in total. The highest BCUT2D eigenvalue weighted by Gasteiger charge is 2.34. The fourth-order valence-corrected chi connectivity index (χ4v) is 2.96. The Balaban J connectivity index is 1.90. The smallest absolute Gasteiger partial charge is 0.309 e. The van der Waals surface area contributed by atoms with Gasteiger partial charge in [0, 0.05) is 25.0 Å². The van der Waals surface area contributed by atoms with Crippen molar-refractivity contribution in [1.82, 2.24) is 24.7 Å². The van der Waals surface area contributed by atoms with E-state index in [0.29, 0.717) is 23.3 Å². The number of rotatable bonds is 7. The van der Waals surface area contributed by atoms with Crippen LogP contribution in [0.3, 0.4) is 0 Å². The van der Waals surface area contributed by atoms with E-state index in [0.717, 1.165) is 30.3 Å². The molecule has 1 fully saturated rings. The van der Waals surface area contributed by atoms with Crippen LogP contribution in [-0.2, 0) is 11.3 Å². The van der Waals surface area contributed by atoms with E-state index in [9.17, 15) is 22.8 Å². The first-order chi connectivity index (χ1) is 14.5. The molecule has 12 heteroatoms. The lowest BCUT2D eigenvalue weighted by molar-refractivity contribution is -0.121. The van der Waals surface area contributed by atoms with Gasteiger partial charge in [-0.05, 0) is 25.6 Å². The molecule has 0 bridgehead atoms. The summed E-state index contributed by atoms with van der Waals surface area (Å²) in [6, 6.07) is 1.70. The summed E-state index contributed by atoms with van der Waals surface area (Å²) < 4.78 is 41.1. The molecule has 2 aromatic heterocycles. The summed E-state index contributed by atoms with van der Waals surface area (Å²) >= 11 is 0. The molecular formula is C19H22F3N7O2. The summed E-state index contributed by atoms with van der Waals surface area (Å²) in [4.78, 5) is 31.8. The predicted molar refractivity (Wildman–Crippen MR) is 108 cm³/mol. The van der Waals surface area contributed by atoms with E-state index in [2.05, 4.69) is 32.2 Å². The lowest BCUT2D eigenvalue weighted by Gasteiger charge is -2.12. The number of alkyl halides is 3. The summed E-state index contributed by atoms with van der Waals surface area (Å²) in [6.07, 6.45) is -2.14. The number of aromatic nitrogens is 4. The van der Waals surface area contributed by atoms with Gasteiger partial charge < -0.3 is 5.32 Å². The number of carbonyl (C=O) groups is 1. The van der Waals surface area contributed by atoms with Gasteiger partial charge in [0.25, 0.3) is 5.56 Å².